The molecule has 1 heterocycles. The Kier molecular flexibility index (Phi) is 3.02. The molecule has 3 rings (SSSR count). The average molecular weight is 250 g/mol. The van der Waals surface area contributed by atoms with E-state index in [0.29, 0.717) is 5.88 Å². The summed E-state index contributed by atoms with van der Waals surface area (Å²) in [7, 11) is 0. The molecule has 0 saturated heterocycles. The van der Waals surface area contributed by atoms with Gasteiger partial charge in [-0.1, -0.05) is 53.7 Å². The number of hydrogen-bond donors (Lipinski definition) is 1. The van der Waals surface area contributed by atoms with Crippen molar-refractivity contribution >= 4 is 11.6 Å². The normalized spacial score (nSPS) is 10.4. The Balaban J connectivity index is 1.85. The summed E-state index contributed by atoms with van der Waals surface area (Å²) in [6.07, 6.45) is 0. The van der Waals surface area contributed by atoms with Crippen molar-refractivity contribution in [2.24, 2.45) is 0 Å². The topological polar surface area (TPSA) is 38.1 Å². The van der Waals surface area contributed by atoms with Gasteiger partial charge in [-0.3, -0.25) is 0 Å². The molecule has 3 heteroatoms. The highest BCUT2D eigenvalue weighted by molar-refractivity contribution is 5.65. The van der Waals surface area contributed by atoms with E-state index in [9.17, 15) is 0 Å². The monoisotopic (exact) mass is 250 g/mol. The second-order valence-electron chi connectivity index (χ2n) is 4.38. The first-order chi connectivity index (χ1) is 9.33. The number of nitrogens with zero attached hydrogens (tertiary/aromatic N) is 1. The molecule has 3 aromatic rings. The number of nitrogens with one attached hydrogen (secondary N) is 1. The van der Waals surface area contributed by atoms with Gasteiger partial charge >= 0.3 is 0 Å². The van der Waals surface area contributed by atoms with Gasteiger partial charge in [-0.25, -0.2) is 0 Å². The summed E-state index contributed by atoms with van der Waals surface area (Å²) in [6, 6.07) is 19.9. The molecule has 0 amide bonds. The van der Waals surface area contributed by atoms with Crippen molar-refractivity contribution in [2.45, 2.75) is 6.92 Å². The molecule has 1 aromatic heterocycles. The number of rotatable bonds is 3. The lowest BCUT2D eigenvalue weighted by Gasteiger charge is -2.04. The Bertz CT molecular complexity index is 674. The van der Waals surface area contributed by atoms with Crippen LogP contribution < -0.4 is 5.32 Å². The van der Waals surface area contributed by atoms with E-state index < -0.39 is 0 Å². The predicted molar refractivity (Wildman–Crippen MR) is 76.4 cm³/mol. The van der Waals surface area contributed by atoms with Gasteiger partial charge in [-0.05, 0) is 18.6 Å². The molecule has 3 nitrogen and oxygen atoms in total. The van der Waals surface area contributed by atoms with Crippen LogP contribution in [0.25, 0.3) is 11.3 Å². The predicted octanol–water partition coefficient (Wildman–Crippen LogP) is 4.39. The number of anilines is 2. The van der Waals surface area contributed by atoms with Gasteiger partial charge in [-0.15, -0.1) is 0 Å². The standard InChI is InChI=1S/C16H14N2O/c1-12-7-5-6-10-14(12)17-16-11-15(18-19-16)13-8-3-2-4-9-13/h2-11,17H,1H3. The molecule has 0 aliphatic rings. The second-order valence-corrected chi connectivity index (χ2v) is 4.38. The van der Waals surface area contributed by atoms with E-state index >= 15 is 0 Å². The Morgan fingerprint density at radius 2 is 1.68 bits per heavy atom. The highest BCUT2D eigenvalue weighted by atomic mass is 16.5. The summed E-state index contributed by atoms with van der Waals surface area (Å²) in [4.78, 5) is 0. The first-order valence-electron chi connectivity index (χ1n) is 6.18. The maximum atomic E-state index is 5.32. The van der Waals surface area contributed by atoms with Crippen LogP contribution in [0.2, 0.25) is 0 Å². The maximum Gasteiger partial charge on any atom is 0.229 e. The van der Waals surface area contributed by atoms with Crippen molar-refractivity contribution in [1.29, 1.82) is 0 Å². The lowest BCUT2D eigenvalue weighted by molar-refractivity contribution is 0.438. The van der Waals surface area contributed by atoms with E-state index in [2.05, 4.69) is 23.5 Å². The molecule has 0 aliphatic heterocycles. The smallest absolute Gasteiger partial charge is 0.229 e. The summed E-state index contributed by atoms with van der Waals surface area (Å²) in [6.45, 7) is 2.05. The van der Waals surface area contributed by atoms with E-state index in [-0.39, 0.29) is 0 Å². The SMILES string of the molecule is Cc1ccccc1Nc1cc(-c2ccccc2)no1. The number of hydrogen-bond acceptors (Lipinski definition) is 3. The van der Waals surface area contributed by atoms with Crippen molar-refractivity contribution in [3.63, 3.8) is 0 Å². The fourth-order valence-corrected chi connectivity index (χ4v) is 1.92. The molecule has 0 spiro atoms. The van der Waals surface area contributed by atoms with Crippen LogP contribution in [-0.2, 0) is 0 Å². The summed E-state index contributed by atoms with van der Waals surface area (Å²) in [5, 5.41) is 7.31. The van der Waals surface area contributed by atoms with E-state index in [0.717, 1.165) is 16.9 Å². The summed E-state index contributed by atoms with van der Waals surface area (Å²) in [5.41, 5.74) is 4.07. The Morgan fingerprint density at radius 1 is 0.947 bits per heavy atom. The Morgan fingerprint density at radius 3 is 2.47 bits per heavy atom. The highest BCUT2D eigenvalue weighted by Gasteiger charge is 2.06. The molecule has 94 valence electrons. The Labute approximate surface area is 111 Å². The third-order valence-electron chi connectivity index (χ3n) is 2.98. The lowest BCUT2D eigenvalue weighted by atomic mass is 10.1. The number of para-hydroxylation sites is 1. The van der Waals surface area contributed by atoms with Gasteiger partial charge < -0.3 is 9.84 Å². The fraction of sp³-hybridized carbons (Fsp3) is 0.0625. The minimum absolute atomic E-state index is 0.646. The first-order valence-corrected chi connectivity index (χ1v) is 6.18. The van der Waals surface area contributed by atoms with Crippen LogP contribution in [0.1, 0.15) is 5.56 Å². The van der Waals surface area contributed by atoms with Gasteiger partial charge in [0.15, 0.2) is 0 Å². The highest BCUT2D eigenvalue weighted by Crippen LogP contribution is 2.25. The third kappa shape index (κ3) is 2.50. The maximum absolute atomic E-state index is 5.32. The Hall–Kier alpha value is -2.55. The van der Waals surface area contributed by atoms with Crippen LogP contribution >= 0.6 is 0 Å². The fourth-order valence-electron chi connectivity index (χ4n) is 1.92. The molecule has 0 fully saturated rings. The zero-order chi connectivity index (χ0) is 13.1. The van der Waals surface area contributed by atoms with Gasteiger partial charge in [0.05, 0.1) is 0 Å². The van der Waals surface area contributed by atoms with Gasteiger partial charge in [0.25, 0.3) is 0 Å². The molecule has 0 saturated carbocycles. The number of benzene rings is 2. The molecular weight excluding hydrogens is 236 g/mol. The van der Waals surface area contributed by atoms with E-state index in [4.69, 9.17) is 4.52 Å². The van der Waals surface area contributed by atoms with Crippen LogP contribution in [0.5, 0.6) is 0 Å². The quantitative estimate of drug-likeness (QED) is 0.749. The second kappa shape index (κ2) is 4.98. The summed E-state index contributed by atoms with van der Waals surface area (Å²) < 4.78 is 5.32. The van der Waals surface area contributed by atoms with Gasteiger partial charge in [0, 0.05) is 17.3 Å². The minimum atomic E-state index is 0.646. The van der Waals surface area contributed by atoms with E-state index in [1.165, 1.54) is 5.56 Å². The van der Waals surface area contributed by atoms with Crippen molar-refractivity contribution in [1.82, 2.24) is 5.16 Å². The molecule has 19 heavy (non-hydrogen) atoms. The largest absolute Gasteiger partial charge is 0.338 e. The molecule has 0 unspecified atom stereocenters. The summed E-state index contributed by atoms with van der Waals surface area (Å²) >= 11 is 0. The van der Waals surface area contributed by atoms with E-state index in [1.807, 2.05) is 54.6 Å². The zero-order valence-electron chi connectivity index (χ0n) is 10.6. The molecule has 2 aromatic carbocycles. The van der Waals surface area contributed by atoms with Crippen LogP contribution in [0.4, 0.5) is 11.6 Å². The molecule has 0 bridgehead atoms. The van der Waals surface area contributed by atoms with Gasteiger partial charge in [-0.2, -0.15) is 0 Å². The summed E-state index contributed by atoms with van der Waals surface area (Å²) in [5.74, 6) is 0.646. The first kappa shape index (κ1) is 11.5. The molecule has 0 aliphatic carbocycles. The van der Waals surface area contributed by atoms with Crippen molar-refractivity contribution < 1.29 is 4.52 Å². The van der Waals surface area contributed by atoms with Crippen LogP contribution in [0, 0.1) is 6.92 Å². The third-order valence-corrected chi connectivity index (χ3v) is 2.98. The average Bonchev–Trinajstić information content (AvgIpc) is 2.91. The van der Waals surface area contributed by atoms with Crippen LogP contribution in [0.3, 0.4) is 0 Å². The van der Waals surface area contributed by atoms with Crippen molar-refractivity contribution in [3.8, 4) is 11.3 Å². The molecule has 0 atom stereocenters. The van der Waals surface area contributed by atoms with E-state index in [1.54, 1.807) is 0 Å². The molecule has 1 N–H and O–H groups in total. The van der Waals surface area contributed by atoms with Gasteiger partial charge in [0.1, 0.15) is 5.69 Å². The van der Waals surface area contributed by atoms with Crippen LogP contribution in [-0.4, -0.2) is 5.16 Å². The number of aryl methyl sites for hydroxylation is 1. The number of aromatic nitrogens is 1. The van der Waals surface area contributed by atoms with Crippen molar-refractivity contribution in [3.05, 3.63) is 66.2 Å². The molecular formula is C16H14N2O. The molecule has 0 radical (unpaired) electrons. The van der Waals surface area contributed by atoms with Gasteiger partial charge in [0.2, 0.25) is 5.88 Å². The minimum Gasteiger partial charge on any atom is -0.338 e. The van der Waals surface area contributed by atoms with Crippen LogP contribution in [0.15, 0.2) is 65.2 Å². The van der Waals surface area contributed by atoms with Crippen molar-refractivity contribution in [2.75, 3.05) is 5.32 Å². The lowest BCUT2D eigenvalue weighted by Crippen LogP contribution is -1.90. The zero-order valence-corrected chi connectivity index (χ0v) is 10.6.